The number of aryl methyl sites for hydroxylation is 3. The highest BCUT2D eigenvalue weighted by atomic mass is 32.1. The average molecular weight is 432 g/mol. The number of oxazole rings is 1. The van der Waals surface area contributed by atoms with Crippen molar-refractivity contribution in [3.05, 3.63) is 97.3 Å². The Balaban J connectivity index is 1.74. The molecule has 1 atom stereocenters. The van der Waals surface area contributed by atoms with Crippen molar-refractivity contribution in [3.8, 4) is 0 Å². The lowest BCUT2D eigenvalue weighted by Crippen LogP contribution is -2.26. The Morgan fingerprint density at radius 1 is 1.23 bits per heavy atom. The van der Waals surface area contributed by atoms with Gasteiger partial charge in [-0.1, -0.05) is 42.1 Å². The van der Waals surface area contributed by atoms with Gasteiger partial charge in [0.25, 0.3) is 0 Å². The number of benzene rings is 1. The quantitative estimate of drug-likeness (QED) is 0.438. The highest BCUT2D eigenvalue weighted by Crippen LogP contribution is 2.39. The van der Waals surface area contributed by atoms with Crippen LogP contribution in [0.25, 0.3) is 12.2 Å². The van der Waals surface area contributed by atoms with Crippen LogP contribution in [-0.4, -0.2) is 24.1 Å². The largest absolute Gasteiger partial charge is 0.441 e. The van der Waals surface area contributed by atoms with Crippen molar-refractivity contribution < 1.29 is 4.42 Å². The van der Waals surface area contributed by atoms with E-state index in [0.717, 1.165) is 33.8 Å². The monoisotopic (exact) mass is 431 g/mol. The maximum absolute atomic E-state index is 12.7. The minimum atomic E-state index is -0.274. The molecule has 0 fully saturated rings. The van der Waals surface area contributed by atoms with E-state index in [1.165, 1.54) is 0 Å². The van der Waals surface area contributed by atoms with Crippen LogP contribution in [0.15, 0.2) is 46.0 Å². The number of hydrogen-bond donors (Lipinski definition) is 1. The van der Waals surface area contributed by atoms with E-state index >= 15 is 0 Å². The van der Waals surface area contributed by atoms with Crippen molar-refractivity contribution in [2.45, 2.75) is 26.3 Å². The molecule has 8 heteroatoms. The third-order valence-corrected chi connectivity index (χ3v) is 5.95. The zero-order valence-electron chi connectivity index (χ0n) is 17.4. The summed E-state index contributed by atoms with van der Waals surface area (Å²) in [6.07, 6.45) is 9.38. The number of aromatic amines is 1. The number of H-pyrrole nitrogens is 1. The van der Waals surface area contributed by atoms with E-state index < -0.39 is 0 Å². The molecule has 0 bridgehead atoms. The summed E-state index contributed by atoms with van der Waals surface area (Å²) >= 11 is 5.63. The standard InChI is InChI=1S/C23H21N5O2S/c1-13-4-5-15-6-7-18-21(25-14(2)30-18)20(16(15)10-13)17-11-28(23(29)26-22(17)31)12-19-24-8-9-27(19)3/h4-11,20H,12H2,1-3H3,(H,26,29,31). The SMILES string of the molecule is Cc1ccc2c(c1)C(c1cn(Cc3nccn3C)c(=O)[nH]c1=S)c1nc(C)oc1C=C2. The van der Waals surface area contributed by atoms with Crippen LogP contribution in [0.2, 0.25) is 0 Å². The van der Waals surface area contributed by atoms with Crippen LogP contribution in [0, 0.1) is 18.5 Å². The first-order valence-corrected chi connectivity index (χ1v) is 10.4. The molecular weight excluding hydrogens is 410 g/mol. The van der Waals surface area contributed by atoms with Crippen molar-refractivity contribution >= 4 is 24.4 Å². The van der Waals surface area contributed by atoms with Crippen molar-refractivity contribution in [1.29, 1.82) is 0 Å². The number of hydrogen-bond acceptors (Lipinski definition) is 5. The molecule has 3 heterocycles. The topological polar surface area (TPSA) is 81.6 Å². The Morgan fingerprint density at radius 2 is 2.06 bits per heavy atom. The smallest absolute Gasteiger partial charge is 0.326 e. The summed E-state index contributed by atoms with van der Waals surface area (Å²) in [5, 5.41) is 0. The van der Waals surface area contributed by atoms with Gasteiger partial charge in [-0.3, -0.25) is 9.55 Å². The third-order valence-electron chi connectivity index (χ3n) is 5.61. The van der Waals surface area contributed by atoms with Crippen molar-refractivity contribution in [3.63, 3.8) is 0 Å². The summed E-state index contributed by atoms with van der Waals surface area (Å²) in [6.45, 7) is 4.22. The Morgan fingerprint density at radius 3 is 2.84 bits per heavy atom. The second-order valence-corrected chi connectivity index (χ2v) is 8.22. The normalized spacial score (nSPS) is 14.9. The van der Waals surface area contributed by atoms with Crippen LogP contribution < -0.4 is 5.69 Å². The molecule has 0 saturated heterocycles. The van der Waals surface area contributed by atoms with Gasteiger partial charge in [0, 0.05) is 38.1 Å². The number of imidazole rings is 1. The molecule has 1 N–H and O–H groups in total. The molecule has 1 aromatic carbocycles. The summed E-state index contributed by atoms with van der Waals surface area (Å²) in [7, 11) is 1.90. The Labute approximate surface area is 183 Å². The van der Waals surface area contributed by atoms with Gasteiger partial charge >= 0.3 is 5.69 Å². The molecule has 5 rings (SSSR count). The zero-order valence-corrected chi connectivity index (χ0v) is 18.2. The first kappa shape index (κ1) is 19.4. The van der Waals surface area contributed by atoms with E-state index in [1.54, 1.807) is 10.8 Å². The number of fused-ring (bicyclic) bond motifs is 2. The maximum Gasteiger partial charge on any atom is 0.326 e. The van der Waals surface area contributed by atoms with E-state index in [1.807, 2.05) is 43.1 Å². The van der Waals surface area contributed by atoms with Gasteiger partial charge < -0.3 is 8.98 Å². The van der Waals surface area contributed by atoms with Crippen molar-refractivity contribution in [2.75, 3.05) is 0 Å². The van der Waals surface area contributed by atoms with Gasteiger partial charge in [0.2, 0.25) is 0 Å². The van der Waals surface area contributed by atoms with Crippen LogP contribution in [0.5, 0.6) is 0 Å². The van der Waals surface area contributed by atoms with Gasteiger partial charge in [0.05, 0.1) is 18.2 Å². The second-order valence-electron chi connectivity index (χ2n) is 7.81. The molecule has 0 amide bonds. The molecule has 0 aliphatic heterocycles. The predicted molar refractivity (Wildman–Crippen MR) is 120 cm³/mol. The van der Waals surface area contributed by atoms with Gasteiger partial charge in [0.15, 0.2) is 11.7 Å². The van der Waals surface area contributed by atoms with E-state index in [9.17, 15) is 4.79 Å². The van der Waals surface area contributed by atoms with E-state index in [0.29, 0.717) is 22.8 Å². The Bertz CT molecular complexity index is 1450. The van der Waals surface area contributed by atoms with Gasteiger partial charge in [-0.15, -0.1) is 0 Å². The fraction of sp³-hybridized carbons (Fsp3) is 0.217. The van der Waals surface area contributed by atoms with Crippen LogP contribution in [-0.2, 0) is 13.6 Å². The van der Waals surface area contributed by atoms with Crippen molar-refractivity contribution in [2.24, 2.45) is 7.05 Å². The van der Waals surface area contributed by atoms with Gasteiger partial charge in [-0.25, -0.2) is 14.8 Å². The van der Waals surface area contributed by atoms with Gasteiger partial charge in [0.1, 0.15) is 10.5 Å². The minimum Gasteiger partial charge on any atom is -0.441 e. The van der Waals surface area contributed by atoms with Crippen LogP contribution in [0.1, 0.15) is 51.3 Å². The number of nitrogens with one attached hydrogen (secondary N) is 1. The molecule has 156 valence electrons. The first-order valence-electron chi connectivity index (χ1n) is 9.96. The molecular formula is C23H21N5O2S. The van der Waals surface area contributed by atoms with Crippen LogP contribution in [0.4, 0.5) is 0 Å². The number of rotatable bonds is 3. The number of nitrogens with zero attached hydrogens (tertiary/aromatic N) is 4. The highest BCUT2D eigenvalue weighted by Gasteiger charge is 2.29. The molecule has 3 aromatic heterocycles. The fourth-order valence-corrected chi connectivity index (χ4v) is 4.32. The van der Waals surface area contributed by atoms with E-state index in [-0.39, 0.29) is 11.6 Å². The second kappa shape index (κ2) is 7.31. The lowest BCUT2D eigenvalue weighted by atomic mass is 9.86. The number of aromatic nitrogens is 5. The molecule has 1 unspecified atom stereocenters. The summed E-state index contributed by atoms with van der Waals surface area (Å²) < 4.78 is 9.76. The molecule has 0 radical (unpaired) electrons. The van der Waals surface area contributed by atoms with Crippen molar-refractivity contribution in [1.82, 2.24) is 24.1 Å². The molecule has 7 nitrogen and oxygen atoms in total. The molecule has 0 saturated carbocycles. The average Bonchev–Trinajstić information content (AvgIpc) is 3.26. The lowest BCUT2D eigenvalue weighted by Gasteiger charge is -2.19. The van der Waals surface area contributed by atoms with Crippen LogP contribution >= 0.6 is 12.2 Å². The van der Waals surface area contributed by atoms with Gasteiger partial charge in [-0.2, -0.15) is 0 Å². The Kier molecular flexibility index (Phi) is 4.59. The predicted octanol–water partition coefficient (Wildman–Crippen LogP) is 3.96. The molecule has 1 aliphatic rings. The summed E-state index contributed by atoms with van der Waals surface area (Å²) in [6, 6.07) is 6.31. The third kappa shape index (κ3) is 3.38. The first-order chi connectivity index (χ1) is 14.9. The highest BCUT2D eigenvalue weighted by molar-refractivity contribution is 7.71. The summed E-state index contributed by atoms with van der Waals surface area (Å²) in [4.78, 5) is 24.6. The van der Waals surface area contributed by atoms with E-state index in [4.69, 9.17) is 21.6 Å². The summed E-state index contributed by atoms with van der Waals surface area (Å²) in [5.41, 5.74) is 4.60. The summed E-state index contributed by atoms with van der Waals surface area (Å²) in [5.74, 6) is 1.80. The Hall–Kier alpha value is -3.52. The molecule has 4 aromatic rings. The van der Waals surface area contributed by atoms with E-state index in [2.05, 4.69) is 35.1 Å². The molecule has 31 heavy (non-hydrogen) atoms. The fourth-order valence-electron chi connectivity index (χ4n) is 4.06. The zero-order chi connectivity index (χ0) is 21.7. The molecule has 0 spiro atoms. The van der Waals surface area contributed by atoms with Gasteiger partial charge in [-0.05, 0) is 24.1 Å². The lowest BCUT2D eigenvalue weighted by molar-refractivity contribution is 0.512. The minimum absolute atomic E-state index is 0.269. The molecule has 1 aliphatic carbocycles. The van der Waals surface area contributed by atoms with Crippen LogP contribution in [0.3, 0.4) is 0 Å². The maximum atomic E-state index is 12.7.